The van der Waals surface area contributed by atoms with Gasteiger partial charge in [0.2, 0.25) is 0 Å². The molecule has 1 heterocycles. The number of amides is 1. The van der Waals surface area contributed by atoms with E-state index in [1.54, 1.807) is 55.7 Å². The number of aliphatic hydroxyl groups is 1. The number of ether oxygens (including phenoxy) is 2. The van der Waals surface area contributed by atoms with Crippen molar-refractivity contribution < 1.29 is 24.2 Å². The van der Waals surface area contributed by atoms with Crippen molar-refractivity contribution >= 4 is 17.4 Å². The van der Waals surface area contributed by atoms with E-state index < -0.39 is 17.7 Å². The Bertz CT molecular complexity index is 1010. The molecule has 1 saturated heterocycles. The average Bonchev–Trinajstić information content (AvgIpc) is 3.00. The van der Waals surface area contributed by atoms with Gasteiger partial charge in [-0.25, -0.2) is 0 Å². The highest BCUT2D eigenvalue weighted by molar-refractivity contribution is 6.46. The van der Waals surface area contributed by atoms with Gasteiger partial charge in [-0.2, -0.15) is 0 Å². The molecule has 1 amide bonds. The van der Waals surface area contributed by atoms with E-state index in [0.29, 0.717) is 29.2 Å². The van der Waals surface area contributed by atoms with Crippen LogP contribution < -0.4 is 9.47 Å². The fraction of sp³-hybridized carbons (Fsp3) is 0.250. The second kappa shape index (κ2) is 8.86. The van der Waals surface area contributed by atoms with Gasteiger partial charge in [-0.05, 0) is 55.3 Å². The molecule has 1 fully saturated rings. The van der Waals surface area contributed by atoms with Crippen LogP contribution in [0.3, 0.4) is 0 Å². The van der Waals surface area contributed by atoms with E-state index in [1.165, 1.54) is 4.90 Å². The molecule has 0 saturated carbocycles. The van der Waals surface area contributed by atoms with Crippen LogP contribution in [0.1, 0.15) is 29.7 Å². The van der Waals surface area contributed by atoms with Crippen molar-refractivity contribution in [1.29, 1.82) is 0 Å². The maximum atomic E-state index is 12.9. The van der Waals surface area contributed by atoms with E-state index in [9.17, 15) is 14.7 Å². The normalized spacial score (nSPS) is 17.8. The van der Waals surface area contributed by atoms with E-state index in [4.69, 9.17) is 9.47 Å². The summed E-state index contributed by atoms with van der Waals surface area (Å²) in [7, 11) is 1.56. The van der Waals surface area contributed by atoms with Crippen molar-refractivity contribution in [3.63, 3.8) is 0 Å². The Hall–Kier alpha value is -3.54. The molecule has 0 spiro atoms. The minimum atomic E-state index is -0.721. The molecule has 1 aliphatic heterocycles. The summed E-state index contributed by atoms with van der Waals surface area (Å²) in [6.07, 6.45) is 1.56. The fourth-order valence-corrected chi connectivity index (χ4v) is 3.61. The molecule has 6 nitrogen and oxygen atoms in total. The zero-order valence-electron chi connectivity index (χ0n) is 17.3. The molecule has 3 rings (SSSR count). The fourth-order valence-electron chi connectivity index (χ4n) is 3.61. The largest absolute Gasteiger partial charge is 0.507 e. The number of rotatable bonds is 7. The number of likely N-dealkylation sites (tertiary alicyclic amines) is 1. The van der Waals surface area contributed by atoms with Crippen LogP contribution in [0.25, 0.3) is 5.76 Å². The molecule has 30 heavy (non-hydrogen) atoms. The highest BCUT2D eigenvalue weighted by atomic mass is 16.5. The molecule has 2 aromatic carbocycles. The molecular weight excluding hydrogens is 382 g/mol. The number of methoxy groups -OCH3 is 1. The lowest BCUT2D eigenvalue weighted by Crippen LogP contribution is -2.29. The monoisotopic (exact) mass is 407 g/mol. The number of nitrogens with zero attached hydrogens (tertiary/aromatic N) is 1. The Morgan fingerprint density at radius 2 is 1.90 bits per heavy atom. The van der Waals surface area contributed by atoms with Gasteiger partial charge < -0.3 is 19.5 Å². The number of Topliss-reactive ketones (excluding diaryl/α,β-unsaturated/α-hetero) is 1. The molecule has 1 aliphatic rings. The lowest BCUT2D eigenvalue weighted by Gasteiger charge is -2.24. The summed E-state index contributed by atoms with van der Waals surface area (Å²) < 4.78 is 10.7. The minimum absolute atomic E-state index is 0.0515. The third kappa shape index (κ3) is 3.81. The first-order valence-corrected chi connectivity index (χ1v) is 9.70. The summed E-state index contributed by atoms with van der Waals surface area (Å²) in [5.74, 6) is -0.247. The number of aryl methyl sites for hydroxylation is 1. The molecule has 156 valence electrons. The van der Waals surface area contributed by atoms with Gasteiger partial charge in [0, 0.05) is 12.1 Å². The van der Waals surface area contributed by atoms with Crippen molar-refractivity contribution in [2.75, 3.05) is 20.3 Å². The van der Waals surface area contributed by atoms with Gasteiger partial charge >= 0.3 is 0 Å². The average molecular weight is 407 g/mol. The zero-order valence-corrected chi connectivity index (χ0v) is 17.3. The molecule has 2 aromatic rings. The standard InChI is InChI=1S/C24H25NO5/c1-5-13-25-21(16-7-10-18(29-4)11-8-16)20(23(27)24(25)28)22(26)17-9-12-19(30-6-2)15(3)14-17/h5,7-12,14,21,26H,1,6,13H2,2-4H3/b22-20-. The first-order valence-electron chi connectivity index (χ1n) is 9.70. The number of hydrogen-bond donors (Lipinski definition) is 1. The highest BCUT2D eigenvalue weighted by Crippen LogP contribution is 2.40. The van der Waals surface area contributed by atoms with Crippen LogP contribution in [0.15, 0.2) is 60.7 Å². The van der Waals surface area contributed by atoms with Crippen molar-refractivity contribution in [3.8, 4) is 11.5 Å². The minimum Gasteiger partial charge on any atom is -0.507 e. The summed E-state index contributed by atoms with van der Waals surface area (Å²) in [5.41, 5.74) is 2.02. The van der Waals surface area contributed by atoms with E-state index in [0.717, 1.165) is 5.56 Å². The predicted molar refractivity (Wildman–Crippen MR) is 115 cm³/mol. The van der Waals surface area contributed by atoms with Crippen LogP contribution in [-0.2, 0) is 9.59 Å². The molecular formula is C24H25NO5. The molecule has 1 N–H and O–H groups in total. The van der Waals surface area contributed by atoms with E-state index in [1.807, 2.05) is 13.8 Å². The summed E-state index contributed by atoms with van der Waals surface area (Å²) in [6, 6.07) is 11.5. The number of hydrogen-bond acceptors (Lipinski definition) is 5. The van der Waals surface area contributed by atoms with Crippen molar-refractivity contribution in [1.82, 2.24) is 4.90 Å². The van der Waals surface area contributed by atoms with Crippen LogP contribution in [0.4, 0.5) is 0 Å². The number of aliphatic hydroxyl groups excluding tert-OH is 1. The van der Waals surface area contributed by atoms with E-state index >= 15 is 0 Å². The molecule has 0 bridgehead atoms. The SMILES string of the molecule is C=CCN1C(=O)C(=O)/C(=C(\O)c2ccc(OCC)c(C)c2)C1c1ccc(OC)cc1. The van der Waals surface area contributed by atoms with Gasteiger partial charge in [0.15, 0.2) is 0 Å². The van der Waals surface area contributed by atoms with Crippen LogP contribution >= 0.6 is 0 Å². The first kappa shape index (κ1) is 21.2. The van der Waals surface area contributed by atoms with Gasteiger partial charge in [0.25, 0.3) is 11.7 Å². The molecule has 0 aliphatic carbocycles. The Kier molecular flexibility index (Phi) is 6.26. The summed E-state index contributed by atoms with van der Waals surface area (Å²) in [6.45, 7) is 8.15. The predicted octanol–water partition coefficient (Wildman–Crippen LogP) is 4.01. The van der Waals surface area contributed by atoms with Gasteiger partial charge in [-0.1, -0.05) is 18.2 Å². The van der Waals surface area contributed by atoms with Gasteiger partial charge in [0.05, 0.1) is 25.3 Å². The molecule has 1 atom stereocenters. The number of benzene rings is 2. The topological polar surface area (TPSA) is 76.1 Å². The zero-order chi connectivity index (χ0) is 21.8. The molecule has 0 radical (unpaired) electrons. The highest BCUT2D eigenvalue weighted by Gasteiger charge is 2.45. The van der Waals surface area contributed by atoms with Crippen LogP contribution in [-0.4, -0.2) is 42.0 Å². The van der Waals surface area contributed by atoms with E-state index in [-0.39, 0.29) is 17.9 Å². The maximum Gasteiger partial charge on any atom is 0.295 e. The van der Waals surface area contributed by atoms with E-state index in [2.05, 4.69) is 6.58 Å². The second-order valence-electron chi connectivity index (χ2n) is 6.93. The van der Waals surface area contributed by atoms with Crippen LogP contribution in [0, 0.1) is 6.92 Å². The van der Waals surface area contributed by atoms with Crippen molar-refractivity contribution in [3.05, 3.63) is 77.4 Å². The Balaban J connectivity index is 2.14. The molecule has 1 unspecified atom stereocenters. The summed E-state index contributed by atoms with van der Waals surface area (Å²) >= 11 is 0. The number of carbonyl (C=O) groups is 2. The third-order valence-corrected chi connectivity index (χ3v) is 5.05. The maximum absolute atomic E-state index is 12.9. The number of carbonyl (C=O) groups excluding carboxylic acids is 2. The quantitative estimate of drug-likeness (QED) is 0.325. The lowest BCUT2D eigenvalue weighted by atomic mass is 9.94. The van der Waals surface area contributed by atoms with Gasteiger partial charge in [-0.3, -0.25) is 9.59 Å². The summed E-state index contributed by atoms with van der Waals surface area (Å²) in [4.78, 5) is 27.0. The van der Waals surface area contributed by atoms with Crippen LogP contribution in [0.2, 0.25) is 0 Å². The third-order valence-electron chi connectivity index (χ3n) is 5.05. The second-order valence-corrected chi connectivity index (χ2v) is 6.93. The Labute approximate surface area is 176 Å². The lowest BCUT2D eigenvalue weighted by molar-refractivity contribution is -0.139. The van der Waals surface area contributed by atoms with Gasteiger partial charge in [0.1, 0.15) is 17.3 Å². The molecule has 0 aromatic heterocycles. The van der Waals surface area contributed by atoms with Crippen molar-refractivity contribution in [2.45, 2.75) is 19.9 Å². The number of ketones is 1. The smallest absolute Gasteiger partial charge is 0.295 e. The Morgan fingerprint density at radius 1 is 1.20 bits per heavy atom. The first-order chi connectivity index (χ1) is 14.4. The summed E-state index contributed by atoms with van der Waals surface area (Å²) in [5, 5.41) is 11.1. The van der Waals surface area contributed by atoms with Gasteiger partial charge in [-0.15, -0.1) is 6.58 Å². The van der Waals surface area contributed by atoms with Crippen LogP contribution in [0.5, 0.6) is 11.5 Å². The molecule has 6 heteroatoms. The Morgan fingerprint density at radius 3 is 2.47 bits per heavy atom. The van der Waals surface area contributed by atoms with Crippen molar-refractivity contribution in [2.24, 2.45) is 0 Å².